The highest BCUT2D eigenvalue weighted by molar-refractivity contribution is 7.99. The summed E-state index contributed by atoms with van der Waals surface area (Å²) in [5.74, 6) is -0.603. The van der Waals surface area contributed by atoms with Gasteiger partial charge in [-0.2, -0.15) is 20.5 Å². The molecule has 0 aromatic heterocycles. The van der Waals surface area contributed by atoms with E-state index in [2.05, 4.69) is 5.32 Å². The molecule has 0 spiro atoms. The van der Waals surface area contributed by atoms with E-state index in [1.165, 1.54) is 0 Å². The Morgan fingerprint density at radius 3 is 2.65 bits per heavy atom. The van der Waals surface area contributed by atoms with Crippen molar-refractivity contribution in [1.82, 2.24) is 5.32 Å². The van der Waals surface area contributed by atoms with Crippen LogP contribution in [0.15, 0.2) is 29.2 Å². The van der Waals surface area contributed by atoms with Crippen molar-refractivity contribution in [3.05, 3.63) is 29.8 Å². The molecular weight excluding hydrogens is 300 g/mol. The molecule has 1 aromatic carbocycles. The Balaban J connectivity index is 1.87. The number of halogens is 2. The summed E-state index contributed by atoms with van der Waals surface area (Å²) in [6.07, 6.45) is 0.821. The van der Waals surface area contributed by atoms with E-state index < -0.39 is 11.4 Å². The van der Waals surface area contributed by atoms with Crippen molar-refractivity contribution in [2.45, 2.75) is 35.6 Å². The van der Waals surface area contributed by atoms with Gasteiger partial charge in [-0.1, -0.05) is 23.9 Å². The number of thioether (sulfide) groups is 2. The van der Waals surface area contributed by atoms with Gasteiger partial charge in [0.25, 0.3) is 5.76 Å². The Bertz CT molecular complexity index is 422. The van der Waals surface area contributed by atoms with E-state index in [-0.39, 0.29) is 6.04 Å². The predicted molar refractivity (Wildman–Crippen MR) is 81.6 cm³/mol. The second kappa shape index (κ2) is 7.11. The Morgan fingerprint density at radius 1 is 1.40 bits per heavy atom. The van der Waals surface area contributed by atoms with Crippen LogP contribution in [-0.2, 0) is 0 Å². The third kappa shape index (κ3) is 4.62. The van der Waals surface area contributed by atoms with Crippen LogP contribution in [0, 0.1) is 0 Å². The van der Waals surface area contributed by atoms with Crippen LogP contribution in [0.1, 0.15) is 24.9 Å². The molecule has 0 aliphatic carbocycles. The third-order valence-electron chi connectivity index (χ3n) is 3.43. The van der Waals surface area contributed by atoms with E-state index in [9.17, 15) is 13.9 Å². The normalized spacial score (nSPS) is 24.2. The lowest BCUT2D eigenvalue weighted by atomic mass is 10.0. The minimum absolute atomic E-state index is 0.0928. The third-order valence-corrected chi connectivity index (χ3v) is 5.38. The van der Waals surface area contributed by atoms with Crippen LogP contribution in [0.25, 0.3) is 0 Å². The van der Waals surface area contributed by atoms with Gasteiger partial charge in [-0.15, -0.1) is 0 Å². The minimum Gasteiger partial charge on any atom is -0.388 e. The number of aliphatic hydroxyl groups is 1. The Hall–Kier alpha value is -0.300. The summed E-state index contributed by atoms with van der Waals surface area (Å²) in [7, 11) is 0. The fourth-order valence-corrected chi connectivity index (χ4v) is 3.93. The summed E-state index contributed by atoms with van der Waals surface area (Å²) < 4.78 is 24.5. The highest BCUT2D eigenvalue weighted by atomic mass is 32.2. The first-order valence-electron chi connectivity index (χ1n) is 6.57. The molecule has 1 aliphatic rings. The van der Waals surface area contributed by atoms with E-state index in [0.29, 0.717) is 23.2 Å². The molecule has 1 heterocycles. The molecule has 2 N–H and O–H groups in total. The SMILES string of the molecule is C[C@H](NC[C@]1(O)CCSC1)c1ccc(SC(F)F)cc1. The van der Waals surface area contributed by atoms with E-state index in [4.69, 9.17) is 0 Å². The van der Waals surface area contributed by atoms with Crippen molar-refractivity contribution in [1.29, 1.82) is 0 Å². The highest BCUT2D eigenvalue weighted by Gasteiger charge is 2.31. The van der Waals surface area contributed by atoms with Gasteiger partial charge < -0.3 is 10.4 Å². The summed E-state index contributed by atoms with van der Waals surface area (Å²) in [5.41, 5.74) is 0.433. The van der Waals surface area contributed by atoms with Crippen LogP contribution in [-0.4, -0.2) is 34.5 Å². The Labute approximate surface area is 126 Å². The molecule has 1 saturated heterocycles. The maximum Gasteiger partial charge on any atom is 0.288 e. The number of alkyl halides is 2. The standard InChI is InChI=1S/C14H19F2NOS2/c1-10(17-8-14(18)6-7-19-9-14)11-2-4-12(5-3-11)20-13(15)16/h2-5,10,13,17-18H,6-9H2,1H3/t10-,14+/m0/s1. The van der Waals surface area contributed by atoms with Gasteiger partial charge in [0.1, 0.15) is 0 Å². The van der Waals surface area contributed by atoms with Gasteiger partial charge in [-0.25, -0.2) is 0 Å². The van der Waals surface area contributed by atoms with Crippen LogP contribution >= 0.6 is 23.5 Å². The van der Waals surface area contributed by atoms with Crippen LogP contribution in [0.3, 0.4) is 0 Å². The smallest absolute Gasteiger partial charge is 0.288 e. The van der Waals surface area contributed by atoms with E-state index in [1.807, 2.05) is 19.1 Å². The lowest BCUT2D eigenvalue weighted by Gasteiger charge is -2.24. The molecule has 2 rings (SSSR count). The molecule has 6 heteroatoms. The van der Waals surface area contributed by atoms with Crippen LogP contribution in [0.2, 0.25) is 0 Å². The lowest BCUT2D eigenvalue weighted by molar-refractivity contribution is 0.0651. The minimum atomic E-state index is -2.38. The van der Waals surface area contributed by atoms with Crippen molar-refractivity contribution < 1.29 is 13.9 Å². The lowest BCUT2D eigenvalue weighted by Crippen LogP contribution is -2.41. The van der Waals surface area contributed by atoms with Crippen LogP contribution in [0.4, 0.5) is 8.78 Å². The fourth-order valence-electron chi connectivity index (χ4n) is 2.13. The summed E-state index contributed by atoms with van der Waals surface area (Å²) >= 11 is 2.33. The number of rotatable bonds is 6. The molecule has 112 valence electrons. The molecule has 2 nitrogen and oxygen atoms in total. The Morgan fingerprint density at radius 2 is 2.10 bits per heavy atom. The summed E-state index contributed by atoms with van der Waals surface area (Å²) in [5, 5.41) is 13.6. The molecule has 0 amide bonds. The number of nitrogens with one attached hydrogen (secondary N) is 1. The summed E-state index contributed by atoms with van der Waals surface area (Å²) in [6, 6.07) is 7.23. The van der Waals surface area contributed by atoms with Crippen LogP contribution < -0.4 is 5.32 Å². The zero-order valence-electron chi connectivity index (χ0n) is 11.3. The van der Waals surface area contributed by atoms with Gasteiger partial charge in [-0.3, -0.25) is 0 Å². The first-order valence-corrected chi connectivity index (χ1v) is 8.60. The summed E-state index contributed by atoms with van der Waals surface area (Å²) in [6.45, 7) is 2.58. The molecule has 20 heavy (non-hydrogen) atoms. The zero-order valence-corrected chi connectivity index (χ0v) is 12.9. The van der Waals surface area contributed by atoms with Gasteiger partial charge in [0, 0.05) is 23.2 Å². The second-order valence-corrected chi connectivity index (χ2v) is 7.25. The van der Waals surface area contributed by atoms with Crippen molar-refractivity contribution in [3.63, 3.8) is 0 Å². The molecular formula is C14H19F2NOS2. The molecule has 0 unspecified atom stereocenters. The van der Waals surface area contributed by atoms with Gasteiger partial charge in [-0.05, 0) is 36.8 Å². The molecule has 0 saturated carbocycles. The van der Waals surface area contributed by atoms with Crippen molar-refractivity contribution >= 4 is 23.5 Å². The van der Waals surface area contributed by atoms with Crippen LogP contribution in [0.5, 0.6) is 0 Å². The average molecular weight is 319 g/mol. The van der Waals surface area contributed by atoms with Crippen molar-refractivity contribution in [3.8, 4) is 0 Å². The molecule has 1 aromatic rings. The first-order chi connectivity index (χ1) is 9.48. The van der Waals surface area contributed by atoms with Gasteiger partial charge in [0.15, 0.2) is 0 Å². The largest absolute Gasteiger partial charge is 0.388 e. The van der Waals surface area contributed by atoms with Gasteiger partial charge in [0.05, 0.1) is 5.60 Å². The van der Waals surface area contributed by atoms with Crippen molar-refractivity contribution in [2.24, 2.45) is 0 Å². The molecule has 1 fully saturated rings. The zero-order chi connectivity index (χ0) is 14.6. The second-order valence-electron chi connectivity index (χ2n) is 5.08. The molecule has 0 radical (unpaired) electrons. The van der Waals surface area contributed by atoms with E-state index >= 15 is 0 Å². The molecule has 1 aliphatic heterocycles. The predicted octanol–water partition coefficient (Wildman–Crippen LogP) is 3.52. The molecule has 2 atom stereocenters. The maximum atomic E-state index is 12.2. The maximum absolute atomic E-state index is 12.2. The Kier molecular flexibility index (Phi) is 5.72. The number of benzene rings is 1. The van der Waals surface area contributed by atoms with E-state index in [1.54, 1.807) is 23.9 Å². The topological polar surface area (TPSA) is 32.3 Å². The van der Waals surface area contributed by atoms with Gasteiger partial charge >= 0.3 is 0 Å². The van der Waals surface area contributed by atoms with Gasteiger partial charge in [0.2, 0.25) is 0 Å². The number of hydrogen-bond donors (Lipinski definition) is 2. The first kappa shape index (κ1) is 16.1. The van der Waals surface area contributed by atoms with Crippen molar-refractivity contribution in [2.75, 3.05) is 18.1 Å². The summed E-state index contributed by atoms with van der Waals surface area (Å²) in [4.78, 5) is 0.571. The quantitative estimate of drug-likeness (QED) is 0.786. The van der Waals surface area contributed by atoms with E-state index in [0.717, 1.165) is 23.5 Å². The highest BCUT2D eigenvalue weighted by Crippen LogP contribution is 2.29. The number of hydrogen-bond acceptors (Lipinski definition) is 4. The average Bonchev–Trinajstić information content (AvgIpc) is 2.84. The fraction of sp³-hybridized carbons (Fsp3) is 0.571. The monoisotopic (exact) mass is 319 g/mol. The molecule has 0 bridgehead atoms.